The summed E-state index contributed by atoms with van der Waals surface area (Å²) in [7, 11) is 0. The minimum Gasteiger partial charge on any atom is -0.382 e. The third-order valence-electron chi connectivity index (χ3n) is 2.11. The first kappa shape index (κ1) is 14.2. The third kappa shape index (κ3) is 3.70. The molecule has 1 saturated heterocycles. The Kier molecular flexibility index (Phi) is 6.31. The van der Waals surface area contributed by atoms with E-state index in [9.17, 15) is 0 Å². The number of nitrogens with zero attached hydrogens (tertiary/aromatic N) is 3. The van der Waals surface area contributed by atoms with Crippen LogP contribution < -0.4 is 16.0 Å². The number of halogens is 2. The highest BCUT2D eigenvalue weighted by Crippen LogP contribution is 2.10. The van der Waals surface area contributed by atoms with Gasteiger partial charge in [0.1, 0.15) is 5.82 Å². The van der Waals surface area contributed by atoms with Gasteiger partial charge >= 0.3 is 0 Å². The van der Waals surface area contributed by atoms with Crippen LogP contribution in [-0.4, -0.2) is 36.4 Å². The van der Waals surface area contributed by atoms with Crippen molar-refractivity contribution in [3.8, 4) is 0 Å². The first-order valence-electron chi connectivity index (χ1n) is 4.41. The van der Waals surface area contributed by atoms with Gasteiger partial charge in [0.25, 0.3) is 0 Å². The van der Waals surface area contributed by atoms with E-state index in [1.54, 1.807) is 6.07 Å². The number of hydrogen-bond acceptors (Lipinski definition) is 5. The molecule has 15 heavy (non-hydrogen) atoms. The molecule has 0 unspecified atom stereocenters. The van der Waals surface area contributed by atoms with Crippen molar-refractivity contribution in [2.75, 3.05) is 36.8 Å². The van der Waals surface area contributed by atoms with Crippen molar-refractivity contribution in [1.29, 1.82) is 0 Å². The molecule has 0 spiro atoms. The first-order valence-corrected chi connectivity index (χ1v) is 4.41. The summed E-state index contributed by atoms with van der Waals surface area (Å²) in [6.07, 6.45) is 0. The van der Waals surface area contributed by atoms with Gasteiger partial charge in [-0.1, -0.05) is 0 Å². The number of nitrogens with two attached hydrogens (primary N) is 1. The van der Waals surface area contributed by atoms with E-state index < -0.39 is 0 Å². The summed E-state index contributed by atoms with van der Waals surface area (Å²) >= 11 is 0. The van der Waals surface area contributed by atoms with Crippen molar-refractivity contribution < 1.29 is 0 Å². The second-order valence-electron chi connectivity index (χ2n) is 3.05. The van der Waals surface area contributed by atoms with Gasteiger partial charge in [-0.05, 0) is 12.1 Å². The van der Waals surface area contributed by atoms with Crippen LogP contribution in [0.2, 0.25) is 0 Å². The molecular formula is C8H15Cl2N5. The molecule has 1 aliphatic rings. The van der Waals surface area contributed by atoms with Gasteiger partial charge < -0.3 is 16.0 Å². The van der Waals surface area contributed by atoms with Crippen molar-refractivity contribution >= 4 is 36.4 Å². The highest BCUT2D eigenvalue weighted by molar-refractivity contribution is 5.85. The lowest BCUT2D eigenvalue weighted by Gasteiger charge is -2.27. The van der Waals surface area contributed by atoms with Gasteiger partial charge in [-0.2, -0.15) is 0 Å². The second kappa shape index (κ2) is 6.66. The number of piperazine rings is 1. The Hall–Kier alpha value is -0.780. The first-order chi connectivity index (χ1) is 6.36. The number of rotatable bonds is 1. The van der Waals surface area contributed by atoms with Gasteiger partial charge in [-0.3, -0.25) is 0 Å². The van der Waals surface area contributed by atoms with E-state index in [0.29, 0.717) is 5.82 Å². The maximum atomic E-state index is 5.45. The van der Waals surface area contributed by atoms with Crippen molar-refractivity contribution in [1.82, 2.24) is 15.5 Å². The molecule has 3 N–H and O–H groups in total. The maximum absolute atomic E-state index is 5.45. The minimum absolute atomic E-state index is 0. The van der Waals surface area contributed by atoms with E-state index in [1.807, 2.05) is 6.07 Å². The molecule has 0 atom stereocenters. The topological polar surface area (TPSA) is 67.1 Å². The lowest BCUT2D eigenvalue weighted by molar-refractivity contribution is 0.583. The molecule has 1 aliphatic heterocycles. The fourth-order valence-electron chi connectivity index (χ4n) is 1.40. The zero-order valence-electron chi connectivity index (χ0n) is 8.22. The van der Waals surface area contributed by atoms with Crippen LogP contribution in [0.1, 0.15) is 0 Å². The molecule has 2 heterocycles. The Bertz CT molecular complexity index is 273. The predicted molar refractivity (Wildman–Crippen MR) is 66.0 cm³/mol. The lowest BCUT2D eigenvalue weighted by Crippen LogP contribution is -2.43. The smallest absolute Gasteiger partial charge is 0.151 e. The molecule has 5 nitrogen and oxygen atoms in total. The van der Waals surface area contributed by atoms with Crippen molar-refractivity contribution in [2.24, 2.45) is 0 Å². The van der Waals surface area contributed by atoms with Crippen LogP contribution >= 0.6 is 24.8 Å². The second-order valence-corrected chi connectivity index (χ2v) is 3.05. The number of anilines is 2. The summed E-state index contributed by atoms with van der Waals surface area (Å²) in [5.74, 6) is 1.38. The molecule has 0 aliphatic carbocycles. The van der Waals surface area contributed by atoms with Crippen LogP contribution in [0.3, 0.4) is 0 Å². The van der Waals surface area contributed by atoms with E-state index in [2.05, 4.69) is 20.4 Å². The van der Waals surface area contributed by atoms with Crippen molar-refractivity contribution in [3.05, 3.63) is 12.1 Å². The zero-order valence-corrected chi connectivity index (χ0v) is 9.85. The number of nitrogen functional groups attached to an aromatic ring is 1. The van der Waals surface area contributed by atoms with Gasteiger partial charge in [0.2, 0.25) is 0 Å². The van der Waals surface area contributed by atoms with Crippen LogP contribution in [0.4, 0.5) is 11.6 Å². The molecule has 7 heteroatoms. The predicted octanol–water partition coefficient (Wildman–Crippen LogP) is 0.312. The Morgan fingerprint density at radius 1 is 1.13 bits per heavy atom. The summed E-state index contributed by atoms with van der Waals surface area (Å²) in [5.41, 5.74) is 5.45. The summed E-state index contributed by atoms with van der Waals surface area (Å²) in [6, 6.07) is 3.69. The van der Waals surface area contributed by atoms with Gasteiger partial charge in [-0.25, -0.2) is 0 Å². The van der Waals surface area contributed by atoms with Crippen LogP contribution in [0.5, 0.6) is 0 Å². The largest absolute Gasteiger partial charge is 0.382 e. The quantitative estimate of drug-likeness (QED) is 0.753. The molecule has 0 saturated carbocycles. The Labute approximate surface area is 101 Å². The van der Waals surface area contributed by atoms with Crippen molar-refractivity contribution in [3.63, 3.8) is 0 Å². The highest BCUT2D eigenvalue weighted by atomic mass is 35.5. The summed E-state index contributed by atoms with van der Waals surface area (Å²) in [5, 5.41) is 11.1. The number of nitrogens with one attached hydrogen (secondary N) is 1. The third-order valence-corrected chi connectivity index (χ3v) is 2.11. The zero-order chi connectivity index (χ0) is 9.10. The van der Waals surface area contributed by atoms with Gasteiger partial charge in [0, 0.05) is 26.2 Å². The molecule has 2 rings (SSSR count). The van der Waals surface area contributed by atoms with Crippen LogP contribution in [0.25, 0.3) is 0 Å². The average molecular weight is 252 g/mol. The van der Waals surface area contributed by atoms with E-state index in [4.69, 9.17) is 5.73 Å². The number of aromatic nitrogens is 2. The monoisotopic (exact) mass is 251 g/mol. The van der Waals surface area contributed by atoms with E-state index in [-0.39, 0.29) is 24.8 Å². The Balaban J connectivity index is 0.000000980. The van der Waals surface area contributed by atoms with Crippen LogP contribution in [0, 0.1) is 0 Å². The minimum atomic E-state index is 0. The molecule has 1 fully saturated rings. The van der Waals surface area contributed by atoms with Crippen molar-refractivity contribution in [2.45, 2.75) is 0 Å². The Morgan fingerprint density at radius 2 is 1.80 bits per heavy atom. The van der Waals surface area contributed by atoms with Gasteiger partial charge in [0.15, 0.2) is 5.82 Å². The SMILES string of the molecule is Cl.Cl.Nc1ccc(N2CCNCC2)nn1. The molecule has 0 aromatic carbocycles. The molecule has 0 amide bonds. The van der Waals surface area contributed by atoms with E-state index in [0.717, 1.165) is 32.0 Å². The highest BCUT2D eigenvalue weighted by Gasteiger charge is 2.11. The maximum Gasteiger partial charge on any atom is 0.151 e. The van der Waals surface area contributed by atoms with E-state index >= 15 is 0 Å². The average Bonchev–Trinajstić information content (AvgIpc) is 2.20. The summed E-state index contributed by atoms with van der Waals surface area (Å²) < 4.78 is 0. The van der Waals surface area contributed by atoms with Crippen LogP contribution in [-0.2, 0) is 0 Å². The van der Waals surface area contributed by atoms with Crippen LogP contribution in [0.15, 0.2) is 12.1 Å². The Morgan fingerprint density at radius 3 is 2.33 bits per heavy atom. The summed E-state index contributed by atoms with van der Waals surface area (Å²) in [6.45, 7) is 3.98. The molecule has 86 valence electrons. The molecular weight excluding hydrogens is 237 g/mol. The fraction of sp³-hybridized carbons (Fsp3) is 0.500. The molecule has 0 radical (unpaired) electrons. The van der Waals surface area contributed by atoms with Gasteiger partial charge in [-0.15, -0.1) is 35.0 Å². The molecule has 0 bridgehead atoms. The normalized spacial score (nSPS) is 15.1. The van der Waals surface area contributed by atoms with E-state index in [1.165, 1.54) is 0 Å². The fourth-order valence-corrected chi connectivity index (χ4v) is 1.40. The number of hydrogen-bond donors (Lipinski definition) is 2. The standard InChI is InChI=1S/C8H13N5.2ClH/c9-7-1-2-8(12-11-7)13-5-3-10-4-6-13;;/h1-2,10H,3-6H2,(H2,9,11);2*1H. The molecule has 1 aromatic heterocycles. The summed E-state index contributed by atoms with van der Waals surface area (Å²) in [4.78, 5) is 2.20. The molecule has 1 aromatic rings. The lowest BCUT2D eigenvalue weighted by atomic mass is 10.3. The van der Waals surface area contributed by atoms with Gasteiger partial charge in [0.05, 0.1) is 0 Å².